The van der Waals surface area contributed by atoms with Gasteiger partial charge in [-0.2, -0.15) is 0 Å². The van der Waals surface area contributed by atoms with Crippen LogP contribution in [0.2, 0.25) is 5.02 Å². The molecule has 0 aliphatic heterocycles. The zero-order chi connectivity index (χ0) is 12.4. The van der Waals surface area contributed by atoms with E-state index >= 15 is 0 Å². The van der Waals surface area contributed by atoms with E-state index < -0.39 is 0 Å². The summed E-state index contributed by atoms with van der Waals surface area (Å²) in [6.07, 6.45) is 2.98. The monoisotopic (exact) mass is 253 g/mol. The second kappa shape index (κ2) is 5.38. The molecule has 1 N–H and O–H groups in total. The molecule has 0 amide bonds. The molecule has 0 heterocycles. The minimum atomic E-state index is -0.172. The van der Waals surface area contributed by atoms with Crippen molar-refractivity contribution in [2.75, 3.05) is 7.05 Å². The molecule has 3 atom stereocenters. The first-order valence-corrected chi connectivity index (χ1v) is 6.63. The first-order valence-electron chi connectivity index (χ1n) is 6.25. The van der Waals surface area contributed by atoms with Crippen molar-refractivity contribution in [3.63, 3.8) is 0 Å². The number of benzene rings is 1. The van der Waals surface area contributed by atoms with Gasteiger partial charge in [0.25, 0.3) is 0 Å². The van der Waals surface area contributed by atoms with Crippen molar-refractivity contribution in [3.8, 4) is 0 Å². The van der Waals surface area contributed by atoms with Crippen molar-refractivity contribution in [2.45, 2.75) is 44.4 Å². The molecule has 94 valence electrons. The third-order valence-corrected chi connectivity index (χ3v) is 4.18. The Morgan fingerprint density at radius 1 is 1.29 bits per heavy atom. The summed E-state index contributed by atoms with van der Waals surface area (Å²) in [6, 6.07) is 8.57. The predicted molar refractivity (Wildman–Crippen MR) is 71.3 cm³/mol. The van der Waals surface area contributed by atoms with E-state index in [9.17, 15) is 5.11 Å². The maximum absolute atomic E-state index is 9.94. The summed E-state index contributed by atoms with van der Waals surface area (Å²) in [4.78, 5) is 2.28. The van der Waals surface area contributed by atoms with Gasteiger partial charge in [0.15, 0.2) is 0 Å². The fraction of sp³-hybridized carbons (Fsp3) is 0.571. The minimum Gasteiger partial charge on any atom is -0.391 e. The highest BCUT2D eigenvalue weighted by atomic mass is 35.5. The van der Waals surface area contributed by atoms with Crippen LogP contribution in [0.15, 0.2) is 24.3 Å². The number of hydrogen-bond acceptors (Lipinski definition) is 2. The minimum absolute atomic E-state index is 0.172. The van der Waals surface area contributed by atoms with Gasteiger partial charge in [0.05, 0.1) is 6.10 Å². The second-order valence-electron chi connectivity index (χ2n) is 4.96. The Morgan fingerprint density at radius 3 is 2.47 bits per heavy atom. The third-order valence-electron chi connectivity index (χ3n) is 3.93. The van der Waals surface area contributed by atoms with Gasteiger partial charge in [0.2, 0.25) is 0 Å². The number of halogens is 1. The second-order valence-corrected chi connectivity index (χ2v) is 5.40. The summed E-state index contributed by atoms with van der Waals surface area (Å²) >= 11 is 5.89. The molecule has 0 bridgehead atoms. The van der Waals surface area contributed by atoms with Gasteiger partial charge in [0.1, 0.15) is 0 Å². The van der Waals surface area contributed by atoms with Crippen molar-refractivity contribution in [1.82, 2.24) is 4.90 Å². The third kappa shape index (κ3) is 2.82. The number of nitrogens with zero attached hydrogens (tertiary/aromatic N) is 1. The highest BCUT2D eigenvalue weighted by Crippen LogP contribution is 2.30. The Labute approximate surface area is 108 Å². The fourth-order valence-corrected chi connectivity index (χ4v) is 2.79. The lowest BCUT2D eigenvalue weighted by Crippen LogP contribution is -2.39. The van der Waals surface area contributed by atoms with E-state index in [4.69, 9.17) is 11.6 Å². The first-order chi connectivity index (χ1) is 8.09. The van der Waals surface area contributed by atoms with Crippen LogP contribution >= 0.6 is 11.6 Å². The molecule has 1 aromatic carbocycles. The van der Waals surface area contributed by atoms with Crippen LogP contribution < -0.4 is 0 Å². The Kier molecular flexibility index (Phi) is 4.08. The van der Waals surface area contributed by atoms with Crippen LogP contribution in [0.25, 0.3) is 0 Å². The summed E-state index contributed by atoms with van der Waals surface area (Å²) in [5.74, 6) is 0. The van der Waals surface area contributed by atoms with Crippen molar-refractivity contribution in [3.05, 3.63) is 34.9 Å². The summed E-state index contributed by atoms with van der Waals surface area (Å²) in [5, 5.41) is 10.7. The number of aliphatic hydroxyl groups excluding tert-OH is 1. The molecule has 17 heavy (non-hydrogen) atoms. The van der Waals surface area contributed by atoms with Gasteiger partial charge in [-0.3, -0.25) is 4.90 Å². The maximum atomic E-state index is 9.94. The molecule has 3 heteroatoms. The van der Waals surface area contributed by atoms with Crippen LogP contribution in [0, 0.1) is 0 Å². The topological polar surface area (TPSA) is 23.5 Å². The van der Waals surface area contributed by atoms with Crippen LogP contribution in [-0.4, -0.2) is 29.2 Å². The highest BCUT2D eigenvalue weighted by Gasteiger charge is 2.31. The molecule has 1 aliphatic rings. The van der Waals surface area contributed by atoms with Gasteiger partial charge in [-0.05, 0) is 50.9 Å². The normalized spacial score (nSPS) is 26.4. The van der Waals surface area contributed by atoms with Crippen molar-refractivity contribution in [1.29, 1.82) is 0 Å². The molecule has 2 nitrogen and oxygen atoms in total. The highest BCUT2D eigenvalue weighted by molar-refractivity contribution is 6.30. The quantitative estimate of drug-likeness (QED) is 0.894. The molecule has 1 aliphatic carbocycles. The maximum Gasteiger partial charge on any atom is 0.0695 e. The molecule has 2 rings (SSSR count). The zero-order valence-electron chi connectivity index (χ0n) is 10.4. The van der Waals surface area contributed by atoms with Crippen molar-refractivity contribution < 1.29 is 5.11 Å². The molecule has 1 unspecified atom stereocenters. The molecule has 0 aromatic heterocycles. The van der Waals surface area contributed by atoms with Crippen LogP contribution in [0.1, 0.15) is 37.8 Å². The average Bonchev–Trinajstić information content (AvgIpc) is 2.74. The van der Waals surface area contributed by atoms with Crippen LogP contribution in [0.4, 0.5) is 0 Å². The lowest BCUT2D eigenvalue weighted by Gasteiger charge is -2.32. The Morgan fingerprint density at radius 2 is 1.94 bits per heavy atom. The van der Waals surface area contributed by atoms with E-state index in [1.807, 2.05) is 12.1 Å². The summed E-state index contributed by atoms with van der Waals surface area (Å²) in [7, 11) is 2.10. The van der Waals surface area contributed by atoms with Gasteiger partial charge >= 0.3 is 0 Å². The van der Waals surface area contributed by atoms with E-state index in [-0.39, 0.29) is 6.10 Å². The number of hydrogen-bond donors (Lipinski definition) is 1. The first kappa shape index (κ1) is 12.9. The summed E-state index contributed by atoms with van der Waals surface area (Å²) in [6.45, 7) is 2.17. The Hall–Kier alpha value is -0.570. The van der Waals surface area contributed by atoms with Crippen molar-refractivity contribution in [2.24, 2.45) is 0 Å². The van der Waals surface area contributed by atoms with Crippen LogP contribution in [-0.2, 0) is 0 Å². The van der Waals surface area contributed by atoms with E-state index in [0.29, 0.717) is 12.1 Å². The molecular formula is C14H20ClNO. The van der Waals surface area contributed by atoms with Crippen LogP contribution in [0.3, 0.4) is 0 Å². The van der Waals surface area contributed by atoms with Crippen molar-refractivity contribution >= 4 is 11.6 Å². The van der Waals surface area contributed by atoms with Gasteiger partial charge < -0.3 is 5.11 Å². The number of aliphatic hydroxyl groups is 1. The lowest BCUT2D eigenvalue weighted by molar-refractivity contribution is 0.0655. The molecule has 1 aromatic rings. The van der Waals surface area contributed by atoms with Gasteiger partial charge in [-0.15, -0.1) is 0 Å². The number of rotatable bonds is 3. The molecule has 0 saturated heterocycles. The lowest BCUT2D eigenvalue weighted by atomic mass is 10.0. The largest absolute Gasteiger partial charge is 0.391 e. The van der Waals surface area contributed by atoms with E-state index in [2.05, 4.69) is 31.0 Å². The fourth-order valence-electron chi connectivity index (χ4n) is 2.66. The van der Waals surface area contributed by atoms with Gasteiger partial charge in [-0.1, -0.05) is 23.7 Å². The summed E-state index contributed by atoms with van der Waals surface area (Å²) < 4.78 is 0. The molecule has 0 spiro atoms. The van der Waals surface area contributed by atoms with E-state index in [0.717, 1.165) is 24.3 Å². The standard InChI is InChI=1S/C14H20ClNO/c1-10(11-6-8-12(15)9-7-11)16(2)13-4-3-5-14(13)17/h6-10,13-14,17H,3-5H2,1-2H3/t10?,13-,14-/m0/s1. The molecular weight excluding hydrogens is 234 g/mol. The zero-order valence-corrected chi connectivity index (χ0v) is 11.2. The Balaban J connectivity index is 2.08. The van der Waals surface area contributed by atoms with Crippen LogP contribution in [0.5, 0.6) is 0 Å². The smallest absolute Gasteiger partial charge is 0.0695 e. The number of likely N-dealkylation sites (N-methyl/N-ethyl adjacent to an activating group) is 1. The Bertz CT molecular complexity index is 365. The molecule has 0 radical (unpaired) electrons. The summed E-state index contributed by atoms with van der Waals surface area (Å²) in [5.41, 5.74) is 1.25. The van der Waals surface area contributed by atoms with Gasteiger partial charge in [0, 0.05) is 17.1 Å². The SMILES string of the molecule is CC(c1ccc(Cl)cc1)N(C)[C@H]1CCC[C@@H]1O. The molecule has 1 saturated carbocycles. The van der Waals surface area contributed by atoms with E-state index in [1.165, 1.54) is 5.56 Å². The average molecular weight is 254 g/mol. The van der Waals surface area contributed by atoms with Gasteiger partial charge in [-0.25, -0.2) is 0 Å². The molecule has 1 fully saturated rings. The predicted octanol–water partition coefficient (Wildman–Crippen LogP) is 3.25. The van der Waals surface area contributed by atoms with E-state index in [1.54, 1.807) is 0 Å².